The van der Waals surface area contributed by atoms with Crippen molar-refractivity contribution >= 4 is 16.9 Å². The molecular formula is C12H24N2S. The van der Waals surface area contributed by atoms with Crippen LogP contribution in [0.5, 0.6) is 0 Å². The molecular weight excluding hydrogens is 204 g/mol. The Labute approximate surface area is 98.3 Å². The Kier molecular flexibility index (Phi) is 4.97. The molecule has 1 aliphatic rings. The molecule has 0 spiro atoms. The van der Waals surface area contributed by atoms with Gasteiger partial charge in [0.25, 0.3) is 0 Å². The van der Waals surface area contributed by atoms with E-state index in [1.165, 1.54) is 6.42 Å². The summed E-state index contributed by atoms with van der Waals surface area (Å²) in [6.07, 6.45) is 1.17. The lowest BCUT2D eigenvalue weighted by molar-refractivity contribution is 0.444. The minimum Gasteiger partial charge on any atom is -0.362 e. The molecule has 15 heavy (non-hydrogen) atoms. The molecule has 0 aromatic carbocycles. The highest BCUT2D eigenvalue weighted by Gasteiger charge is 2.24. The minimum atomic E-state index is 0.571. The minimum absolute atomic E-state index is 0.571. The van der Waals surface area contributed by atoms with Crippen LogP contribution in [0.2, 0.25) is 0 Å². The van der Waals surface area contributed by atoms with E-state index in [1.807, 2.05) is 11.8 Å². The maximum atomic E-state index is 4.58. The summed E-state index contributed by atoms with van der Waals surface area (Å²) in [5.41, 5.74) is 0. The monoisotopic (exact) mass is 228 g/mol. The summed E-state index contributed by atoms with van der Waals surface area (Å²) in [7, 11) is 0. The van der Waals surface area contributed by atoms with Crippen molar-refractivity contribution in [2.24, 2.45) is 16.8 Å². The average Bonchev–Trinajstić information content (AvgIpc) is 2.61. The Hall–Kier alpha value is -0.180. The average molecular weight is 228 g/mol. The van der Waals surface area contributed by atoms with E-state index >= 15 is 0 Å². The van der Waals surface area contributed by atoms with Crippen LogP contribution in [0, 0.1) is 11.8 Å². The summed E-state index contributed by atoms with van der Waals surface area (Å²) >= 11 is 1.92. The molecule has 1 N–H and O–H groups in total. The van der Waals surface area contributed by atoms with Crippen molar-refractivity contribution in [2.45, 2.75) is 52.3 Å². The maximum absolute atomic E-state index is 4.58. The first-order valence-electron chi connectivity index (χ1n) is 6.02. The number of hydrogen-bond donors (Lipinski definition) is 1. The van der Waals surface area contributed by atoms with E-state index in [1.54, 1.807) is 0 Å². The fourth-order valence-electron chi connectivity index (χ4n) is 1.72. The first kappa shape index (κ1) is 12.9. The van der Waals surface area contributed by atoms with Crippen molar-refractivity contribution in [3.05, 3.63) is 0 Å². The summed E-state index contributed by atoms with van der Waals surface area (Å²) in [6, 6.07) is 0.571. The van der Waals surface area contributed by atoms with E-state index in [0.29, 0.717) is 17.2 Å². The number of amidine groups is 1. The maximum Gasteiger partial charge on any atom is 0.157 e. The van der Waals surface area contributed by atoms with E-state index in [4.69, 9.17) is 0 Å². The Bertz CT molecular complexity index is 224. The predicted molar refractivity (Wildman–Crippen MR) is 70.6 cm³/mol. The standard InChI is InChI=1S/C12H24N2S/c1-6-10(8(2)3)14-12-13-7-11(15-12)9(4)5/h8-11H,6-7H2,1-5H3,(H,13,14). The van der Waals surface area contributed by atoms with Gasteiger partial charge in [0.15, 0.2) is 5.17 Å². The quantitative estimate of drug-likeness (QED) is 0.799. The van der Waals surface area contributed by atoms with Crippen molar-refractivity contribution in [3.63, 3.8) is 0 Å². The van der Waals surface area contributed by atoms with Crippen LogP contribution in [0.15, 0.2) is 4.99 Å². The molecule has 2 unspecified atom stereocenters. The van der Waals surface area contributed by atoms with Gasteiger partial charge in [0.05, 0.1) is 6.54 Å². The highest BCUT2D eigenvalue weighted by molar-refractivity contribution is 8.14. The van der Waals surface area contributed by atoms with Crippen LogP contribution in [0.25, 0.3) is 0 Å². The second kappa shape index (κ2) is 5.78. The van der Waals surface area contributed by atoms with Gasteiger partial charge in [-0.05, 0) is 18.3 Å². The molecule has 1 heterocycles. The molecule has 88 valence electrons. The van der Waals surface area contributed by atoms with E-state index in [-0.39, 0.29) is 0 Å². The van der Waals surface area contributed by atoms with Gasteiger partial charge in [0.2, 0.25) is 0 Å². The third-order valence-electron chi connectivity index (χ3n) is 2.97. The lowest BCUT2D eigenvalue weighted by Gasteiger charge is -2.22. The van der Waals surface area contributed by atoms with Crippen molar-refractivity contribution in [1.29, 1.82) is 0 Å². The molecule has 0 saturated heterocycles. The van der Waals surface area contributed by atoms with Gasteiger partial charge < -0.3 is 5.32 Å². The third kappa shape index (κ3) is 3.71. The second-order valence-corrected chi connectivity index (χ2v) is 6.18. The van der Waals surface area contributed by atoms with Crippen molar-refractivity contribution in [3.8, 4) is 0 Å². The number of hydrogen-bond acceptors (Lipinski definition) is 3. The van der Waals surface area contributed by atoms with Gasteiger partial charge in [-0.25, -0.2) is 0 Å². The zero-order valence-corrected chi connectivity index (χ0v) is 11.4. The fraction of sp³-hybridized carbons (Fsp3) is 0.917. The molecule has 1 aliphatic heterocycles. The van der Waals surface area contributed by atoms with Crippen LogP contribution in [-0.2, 0) is 0 Å². The normalized spacial score (nSPS) is 23.4. The Morgan fingerprint density at radius 2 is 2.07 bits per heavy atom. The van der Waals surface area contributed by atoms with E-state index in [2.05, 4.69) is 44.9 Å². The van der Waals surface area contributed by atoms with Gasteiger partial charge in [-0.15, -0.1) is 0 Å². The zero-order chi connectivity index (χ0) is 11.4. The number of nitrogens with zero attached hydrogens (tertiary/aromatic N) is 1. The highest BCUT2D eigenvalue weighted by Crippen LogP contribution is 2.26. The molecule has 2 atom stereocenters. The lowest BCUT2D eigenvalue weighted by atomic mass is 10.0. The summed E-state index contributed by atoms with van der Waals surface area (Å²) in [5.74, 6) is 1.40. The molecule has 2 nitrogen and oxygen atoms in total. The summed E-state index contributed by atoms with van der Waals surface area (Å²) in [4.78, 5) is 4.58. The van der Waals surface area contributed by atoms with Crippen molar-refractivity contribution in [1.82, 2.24) is 5.32 Å². The van der Waals surface area contributed by atoms with Crippen LogP contribution in [0.3, 0.4) is 0 Å². The van der Waals surface area contributed by atoms with Crippen LogP contribution in [-0.4, -0.2) is 23.0 Å². The Balaban J connectivity index is 2.41. The fourth-order valence-corrected chi connectivity index (χ4v) is 2.79. The van der Waals surface area contributed by atoms with Gasteiger partial charge in [-0.1, -0.05) is 46.4 Å². The first-order valence-corrected chi connectivity index (χ1v) is 6.90. The van der Waals surface area contributed by atoms with Crippen molar-refractivity contribution < 1.29 is 0 Å². The van der Waals surface area contributed by atoms with Crippen LogP contribution in [0.1, 0.15) is 41.0 Å². The number of nitrogens with one attached hydrogen (secondary N) is 1. The third-order valence-corrected chi connectivity index (χ3v) is 4.44. The molecule has 0 amide bonds. The topological polar surface area (TPSA) is 24.4 Å². The number of rotatable bonds is 4. The molecule has 0 bridgehead atoms. The molecule has 0 radical (unpaired) electrons. The summed E-state index contributed by atoms with van der Waals surface area (Å²) < 4.78 is 0. The van der Waals surface area contributed by atoms with Crippen LogP contribution in [0.4, 0.5) is 0 Å². The lowest BCUT2D eigenvalue weighted by Crippen LogP contribution is -2.36. The summed E-state index contributed by atoms with van der Waals surface area (Å²) in [5, 5.41) is 5.40. The molecule has 3 heteroatoms. The van der Waals surface area contributed by atoms with Gasteiger partial charge in [0, 0.05) is 11.3 Å². The van der Waals surface area contributed by atoms with E-state index in [0.717, 1.165) is 17.6 Å². The van der Waals surface area contributed by atoms with Gasteiger partial charge in [-0.2, -0.15) is 0 Å². The molecule has 0 aromatic heterocycles. The first-order chi connectivity index (χ1) is 7.04. The number of aliphatic imine (C=N–C) groups is 1. The Morgan fingerprint density at radius 3 is 2.47 bits per heavy atom. The smallest absolute Gasteiger partial charge is 0.157 e. The second-order valence-electron chi connectivity index (χ2n) is 4.95. The Morgan fingerprint density at radius 1 is 1.40 bits per heavy atom. The van der Waals surface area contributed by atoms with Gasteiger partial charge in [-0.3, -0.25) is 4.99 Å². The summed E-state index contributed by atoms with van der Waals surface area (Å²) in [6.45, 7) is 12.3. The highest BCUT2D eigenvalue weighted by atomic mass is 32.2. The molecule has 0 fully saturated rings. The predicted octanol–water partition coefficient (Wildman–Crippen LogP) is 3.14. The van der Waals surface area contributed by atoms with Gasteiger partial charge in [0.1, 0.15) is 0 Å². The molecule has 0 saturated carbocycles. The zero-order valence-electron chi connectivity index (χ0n) is 10.6. The molecule has 1 rings (SSSR count). The van der Waals surface area contributed by atoms with E-state index < -0.39 is 0 Å². The van der Waals surface area contributed by atoms with Crippen molar-refractivity contribution in [2.75, 3.05) is 6.54 Å². The van der Waals surface area contributed by atoms with E-state index in [9.17, 15) is 0 Å². The molecule has 0 aliphatic carbocycles. The number of thioether (sulfide) groups is 1. The van der Waals surface area contributed by atoms with Crippen LogP contribution < -0.4 is 5.32 Å². The molecule has 0 aromatic rings. The van der Waals surface area contributed by atoms with Crippen LogP contribution >= 0.6 is 11.8 Å². The van der Waals surface area contributed by atoms with Gasteiger partial charge >= 0.3 is 0 Å². The SMILES string of the molecule is CCC(NC1=NCC(C(C)C)S1)C(C)C. The largest absolute Gasteiger partial charge is 0.362 e.